The number of hydrogen-bond donors (Lipinski definition) is 2. The van der Waals surface area contributed by atoms with E-state index in [4.69, 9.17) is 5.11 Å². The molecule has 0 saturated carbocycles. The Labute approximate surface area is 100 Å². The van der Waals surface area contributed by atoms with Gasteiger partial charge in [0.2, 0.25) is 0 Å². The molecule has 1 aromatic heterocycles. The van der Waals surface area contributed by atoms with Crippen LogP contribution in [0.25, 0.3) is 0 Å². The smallest absolute Gasteiger partial charge is 0.311 e. The van der Waals surface area contributed by atoms with Crippen molar-refractivity contribution in [3.8, 4) is 0 Å². The van der Waals surface area contributed by atoms with E-state index in [1.54, 1.807) is 0 Å². The first-order valence-electron chi connectivity index (χ1n) is 6.08. The molecule has 2 N–H and O–H groups in total. The van der Waals surface area contributed by atoms with Gasteiger partial charge in [0.25, 0.3) is 0 Å². The Hall–Kier alpha value is -1.43. The number of carboxylic acid groups (broad SMARTS) is 1. The van der Waals surface area contributed by atoms with Crippen molar-refractivity contribution < 1.29 is 9.90 Å². The average molecular weight is 238 g/mol. The Balaban J connectivity index is 1.89. The topological polar surface area (TPSA) is 82.1 Å². The summed E-state index contributed by atoms with van der Waals surface area (Å²) in [5.41, 5.74) is 0. The van der Waals surface area contributed by atoms with E-state index in [0.717, 1.165) is 19.6 Å². The van der Waals surface area contributed by atoms with E-state index in [1.165, 1.54) is 25.7 Å². The monoisotopic (exact) mass is 238 g/mol. The number of rotatable bonds is 4. The SMILES string of the molecule is O=C(O)Cc1nc(CN2CCCCCC2)n[nH]1. The molecule has 0 spiro atoms. The molecule has 17 heavy (non-hydrogen) atoms. The van der Waals surface area contributed by atoms with Gasteiger partial charge in [0, 0.05) is 0 Å². The highest BCUT2D eigenvalue weighted by Crippen LogP contribution is 2.11. The number of likely N-dealkylation sites (tertiary alicyclic amines) is 1. The molecule has 2 heterocycles. The molecule has 0 amide bonds. The summed E-state index contributed by atoms with van der Waals surface area (Å²) in [6, 6.07) is 0. The van der Waals surface area contributed by atoms with Gasteiger partial charge in [0.1, 0.15) is 12.2 Å². The van der Waals surface area contributed by atoms with Crippen molar-refractivity contribution in [1.82, 2.24) is 20.1 Å². The van der Waals surface area contributed by atoms with Gasteiger partial charge in [0.15, 0.2) is 5.82 Å². The highest BCUT2D eigenvalue weighted by Gasteiger charge is 2.13. The lowest BCUT2D eigenvalue weighted by molar-refractivity contribution is -0.136. The Morgan fingerprint density at radius 3 is 2.65 bits per heavy atom. The number of carbonyl (C=O) groups is 1. The maximum Gasteiger partial charge on any atom is 0.311 e. The van der Waals surface area contributed by atoms with Gasteiger partial charge < -0.3 is 5.11 Å². The molecule has 6 heteroatoms. The van der Waals surface area contributed by atoms with Crippen molar-refractivity contribution in [3.05, 3.63) is 11.6 Å². The Bertz CT molecular complexity index is 369. The van der Waals surface area contributed by atoms with Gasteiger partial charge in [-0.3, -0.25) is 14.8 Å². The van der Waals surface area contributed by atoms with Crippen LogP contribution in [0.15, 0.2) is 0 Å². The fourth-order valence-electron chi connectivity index (χ4n) is 2.12. The number of aliphatic carboxylic acids is 1. The summed E-state index contributed by atoms with van der Waals surface area (Å²) in [7, 11) is 0. The van der Waals surface area contributed by atoms with Crippen LogP contribution in [-0.4, -0.2) is 44.2 Å². The summed E-state index contributed by atoms with van der Waals surface area (Å²) in [5, 5.41) is 15.4. The van der Waals surface area contributed by atoms with E-state index in [9.17, 15) is 4.79 Å². The van der Waals surface area contributed by atoms with Crippen LogP contribution in [0, 0.1) is 0 Å². The summed E-state index contributed by atoms with van der Waals surface area (Å²) in [5.74, 6) is 0.243. The second-order valence-electron chi connectivity index (χ2n) is 4.46. The lowest BCUT2D eigenvalue weighted by Crippen LogP contribution is -2.24. The fourth-order valence-corrected chi connectivity index (χ4v) is 2.12. The van der Waals surface area contributed by atoms with E-state index in [0.29, 0.717) is 11.6 Å². The molecule has 0 aromatic carbocycles. The van der Waals surface area contributed by atoms with Crippen LogP contribution in [0.2, 0.25) is 0 Å². The summed E-state index contributed by atoms with van der Waals surface area (Å²) in [6.45, 7) is 2.89. The largest absolute Gasteiger partial charge is 0.481 e. The molecule has 2 rings (SSSR count). The quantitative estimate of drug-likeness (QED) is 0.811. The number of hydrogen-bond acceptors (Lipinski definition) is 4. The molecule has 94 valence electrons. The zero-order chi connectivity index (χ0) is 12.1. The standard InChI is InChI=1S/C11H18N4O2/c16-11(17)7-9-12-10(14-13-9)8-15-5-3-1-2-4-6-15/h1-8H2,(H,16,17)(H,12,13,14). The molecule has 0 aliphatic carbocycles. The molecule has 0 atom stereocenters. The number of aromatic amines is 1. The highest BCUT2D eigenvalue weighted by molar-refractivity contribution is 5.68. The lowest BCUT2D eigenvalue weighted by atomic mass is 10.2. The van der Waals surface area contributed by atoms with E-state index in [1.807, 2.05) is 0 Å². The number of H-pyrrole nitrogens is 1. The maximum absolute atomic E-state index is 10.5. The predicted molar refractivity (Wildman–Crippen MR) is 61.5 cm³/mol. The molecular weight excluding hydrogens is 220 g/mol. The average Bonchev–Trinajstić information content (AvgIpc) is 2.54. The van der Waals surface area contributed by atoms with Crippen molar-refractivity contribution in [2.24, 2.45) is 0 Å². The summed E-state index contributed by atoms with van der Waals surface area (Å²) < 4.78 is 0. The van der Waals surface area contributed by atoms with Gasteiger partial charge in [-0.15, -0.1) is 0 Å². The molecule has 1 aromatic rings. The van der Waals surface area contributed by atoms with Crippen LogP contribution >= 0.6 is 0 Å². The second kappa shape index (κ2) is 5.77. The number of nitrogens with zero attached hydrogens (tertiary/aromatic N) is 3. The number of nitrogens with one attached hydrogen (secondary N) is 1. The molecule has 1 aliphatic heterocycles. The normalized spacial score (nSPS) is 17.9. The van der Waals surface area contributed by atoms with Crippen LogP contribution in [0.1, 0.15) is 37.3 Å². The van der Waals surface area contributed by atoms with Gasteiger partial charge in [-0.25, -0.2) is 4.98 Å². The zero-order valence-electron chi connectivity index (χ0n) is 9.85. The van der Waals surface area contributed by atoms with E-state index in [2.05, 4.69) is 20.1 Å². The molecule has 1 fully saturated rings. The van der Waals surface area contributed by atoms with Crippen molar-refractivity contribution in [1.29, 1.82) is 0 Å². The second-order valence-corrected chi connectivity index (χ2v) is 4.46. The predicted octanol–water partition coefficient (Wildman–Crippen LogP) is 0.808. The molecule has 1 aliphatic rings. The van der Waals surface area contributed by atoms with Crippen LogP contribution in [0.4, 0.5) is 0 Å². The molecular formula is C11H18N4O2. The maximum atomic E-state index is 10.5. The van der Waals surface area contributed by atoms with E-state index >= 15 is 0 Å². The minimum atomic E-state index is -0.887. The molecule has 0 bridgehead atoms. The third-order valence-electron chi connectivity index (χ3n) is 2.96. The third kappa shape index (κ3) is 3.81. The molecule has 0 radical (unpaired) electrons. The zero-order valence-corrected chi connectivity index (χ0v) is 9.85. The summed E-state index contributed by atoms with van der Waals surface area (Å²) in [4.78, 5) is 17.0. The van der Waals surface area contributed by atoms with Gasteiger partial charge in [-0.2, -0.15) is 5.10 Å². The van der Waals surface area contributed by atoms with Crippen LogP contribution in [0.3, 0.4) is 0 Å². The molecule has 0 unspecified atom stereocenters. The Morgan fingerprint density at radius 1 is 1.29 bits per heavy atom. The van der Waals surface area contributed by atoms with Crippen molar-refractivity contribution in [2.45, 2.75) is 38.6 Å². The Morgan fingerprint density at radius 2 is 2.00 bits per heavy atom. The molecule has 1 saturated heterocycles. The first-order chi connectivity index (χ1) is 8.24. The fraction of sp³-hybridized carbons (Fsp3) is 0.727. The van der Waals surface area contributed by atoms with E-state index < -0.39 is 5.97 Å². The summed E-state index contributed by atoms with van der Waals surface area (Å²) in [6.07, 6.45) is 4.97. The molecule has 6 nitrogen and oxygen atoms in total. The summed E-state index contributed by atoms with van der Waals surface area (Å²) >= 11 is 0. The van der Waals surface area contributed by atoms with Crippen LogP contribution in [-0.2, 0) is 17.8 Å². The Kier molecular flexibility index (Phi) is 4.08. The van der Waals surface area contributed by atoms with Crippen molar-refractivity contribution in [2.75, 3.05) is 13.1 Å². The van der Waals surface area contributed by atoms with Crippen molar-refractivity contribution >= 4 is 5.97 Å². The van der Waals surface area contributed by atoms with Crippen LogP contribution in [0.5, 0.6) is 0 Å². The first-order valence-corrected chi connectivity index (χ1v) is 6.08. The third-order valence-corrected chi connectivity index (χ3v) is 2.96. The van der Waals surface area contributed by atoms with Crippen molar-refractivity contribution in [3.63, 3.8) is 0 Å². The minimum absolute atomic E-state index is 0.0903. The van der Waals surface area contributed by atoms with Gasteiger partial charge in [0.05, 0.1) is 6.54 Å². The lowest BCUT2D eigenvalue weighted by Gasteiger charge is -2.17. The van der Waals surface area contributed by atoms with Gasteiger partial charge >= 0.3 is 5.97 Å². The van der Waals surface area contributed by atoms with Crippen LogP contribution < -0.4 is 0 Å². The van der Waals surface area contributed by atoms with E-state index in [-0.39, 0.29) is 6.42 Å². The number of aromatic nitrogens is 3. The minimum Gasteiger partial charge on any atom is -0.481 e. The number of carboxylic acids is 1. The highest BCUT2D eigenvalue weighted by atomic mass is 16.4. The van der Waals surface area contributed by atoms with Gasteiger partial charge in [-0.1, -0.05) is 12.8 Å². The first kappa shape index (κ1) is 12.0. The van der Waals surface area contributed by atoms with Gasteiger partial charge in [-0.05, 0) is 25.9 Å².